The lowest BCUT2D eigenvalue weighted by Crippen LogP contribution is -2.03. The lowest BCUT2D eigenvalue weighted by Gasteiger charge is -1.99. The van der Waals surface area contributed by atoms with Crippen LogP contribution in [0.25, 0.3) is 5.82 Å². The Labute approximate surface area is 103 Å². The normalized spacial score (nSPS) is 10.6. The number of nitrogens with two attached hydrogens (primary N) is 1. The maximum Gasteiger partial charge on any atom is 0.225 e. The second kappa shape index (κ2) is 5.22. The Morgan fingerprint density at radius 1 is 1.44 bits per heavy atom. The summed E-state index contributed by atoms with van der Waals surface area (Å²) in [6, 6.07) is 5.55. The number of thiol groups is 1. The van der Waals surface area contributed by atoms with E-state index in [2.05, 4.69) is 27.7 Å². The molecule has 0 aliphatic carbocycles. The maximum atomic E-state index is 5.76. The molecule has 2 N–H and O–H groups in total. The van der Waals surface area contributed by atoms with E-state index in [1.54, 1.807) is 6.20 Å². The lowest BCUT2D eigenvalue weighted by atomic mass is 10.5. The fourth-order valence-electron chi connectivity index (χ4n) is 1.15. The largest absolute Gasteiger partial charge is 0.368 e. The van der Waals surface area contributed by atoms with Crippen molar-refractivity contribution in [2.75, 3.05) is 17.2 Å². The molecule has 0 saturated carbocycles. The van der Waals surface area contributed by atoms with Gasteiger partial charge in [-0.15, -0.1) is 5.10 Å². The Bertz CT molecular complexity index is 456. The second-order valence-corrected chi connectivity index (χ2v) is 4.43. The van der Waals surface area contributed by atoms with Crippen molar-refractivity contribution in [1.29, 1.82) is 0 Å². The highest BCUT2D eigenvalue weighted by Gasteiger charge is 2.09. The molecule has 5 nitrogen and oxygen atoms in total. The smallest absolute Gasteiger partial charge is 0.225 e. The van der Waals surface area contributed by atoms with E-state index in [4.69, 9.17) is 5.73 Å². The second-order valence-electron chi connectivity index (χ2n) is 2.92. The Kier molecular flexibility index (Phi) is 3.68. The van der Waals surface area contributed by atoms with Gasteiger partial charge in [-0.2, -0.15) is 22.3 Å². The van der Waals surface area contributed by atoms with Crippen molar-refractivity contribution in [2.24, 2.45) is 0 Å². The standard InChI is InChI=1S/C9H11N5S2/c10-8-12-9(16-6-5-15)13-14(8)7-3-1-2-4-11-7/h1-4,15H,5-6H2,(H2,10,12,13). The van der Waals surface area contributed by atoms with Crippen LogP contribution in [-0.4, -0.2) is 31.3 Å². The molecule has 0 amide bonds. The summed E-state index contributed by atoms with van der Waals surface area (Å²) < 4.78 is 1.53. The molecule has 2 heterocycles. The molecule has 0 aromatic carbocycles. The van der Waals surface area contributed by atoms with Crippen molar-refractivity contribution < 1.29 is 0 Å². The van der Waals surface area contributed by atoms with Crippen LogP contribution in [0.1, 0.15) is 0 Å². The number of hydrogen-bond donors (Lipinski definition) is 2. The summed E-state index contributed by atoms with van der Waals surface area (Å²) in [5.41, 5.74) is 5.76. The van der Waals surface area contributed by atoms with Crippen LogP contribution >= 0.6 is 24.4 Å². The zero-order chi connectivity index (χ0) is 11.4. The van der Waals surface area contributed by atoms with Crippen molar-refractivity contribution in [3.05, 3.63) is 24.4 Å². The van der Waals surface area contributed by atoms with E-state index in [1.165, 1.54) is 16.4 Å². The van der Waals surface area contributed by atoms with Gasteiger partial charge in [-0.05, 0) is 17.9 Å². The van der Waals surface area contributed by atoms with E-state index < -0.39 is 0 Å². The Morgan fingerprint density at radius 2 is 2.31 bits per heavy atom. The molecule has 0 unspecified atom stereocenters. The van der Waals surface area contributed by atoms with Gasteiger partial charge in [0.15, 0.2) is 5.82 Å². The molecule has 0 radical (unpaired) electrons. The third-order valence-electron chi connectivity index (χ3n) is 1.80. The van der Waals surface area contributed by atoms with Crippen LogP contribution in [0.2, 0.25) is 0 Å². The summed E-state index contributed by atoms with van der Waals surface area (Å²) in [6.45, 7) is 0. The van der Waals surface area contributed by atoms with Crippen molar-refractivity contribution in [3.8, 4) is 5.82 Å². The van der Waals surface area contributed by atoms with E-state index in [0.29, 0.717) is 16.9 Å². The molecule has 0 atom stereocenters. The van der Waals surface area contributed by atoms with Crippen molar-refractivity contribution in [2.45, 2.75) is 5.16 Å². The minimum atomic E-state index is 0.348. The first-order valence-corrected chi connectivity index (χ1v) is 6.30. The zero-order valence-corrected chi connectivity index (χ0v) is 10.2. The number of nitrogens with zero attached hydrogens (tertiary/aromatic N) is 4. The molecule has 0 spiro atoms. The molecule has 2 aromatic rings. The molecular weight excluding hydrogens is 242 g/mol. The zero-order valence-electron chi connectivity index (χ0n) is 8.45. The summed E-state index contributed by atoms with van der Waals surface area (Å²) in [7, 11) is 0. The van der Waals surface area contributed by atoms with Gasteiger partial charge in [0, 0.05) is 11.9 Å². The van der Waals surface area contributed by atoms with Crippen LogP contribution in [0.4, 0.5) is 5.95 Å². The van der Waals surface area contributed by atoms with Crippen LogP contribution in [-0.2, 0) is 0 Å². The predicted octanol–water partition coefficient (Wildman–Crippen LogP) is 1.27. The fourth-order valence-corrected chi connectivity index (χ4v) is 2.00. The van der Waals surface area contributed by atoms with Crippen molar-refractivity contribution >= 4 is 30.3 Å². The molecule has 0 bridgehead atoms. The average molecular weight is 253 g/mol. The van der Waals surface area contributed by atoms with Gasteiger partial charge in [-0.1, -0.05) is 17.8 Å². The first-order valence-electron chi connectivity index (χ1n) is 4.69. The highest BCUT2D eigenvalue weighted by molar-refractivity contribution is 7.99. The first kappa shape index (κ1) is 11.3. The molecule has 0 saturated heterocycles. The van der Waals surface area contributed by atoms with Crippen LogP contribution in [0.5, 0.6) is 0 Å². The fraction of sp³-hybridized carbons (Fsp3) is 0.222. The number of nitrogen functional groups attached to an aromatic ring is 1. The minimum absolute atomic E-state index is 0.348. The molecule has 7 heteroatoms. The number of rotatable bonds is 4. The van der Waals surface area contributed by atoms with Gasteiger partial charge >= 0.3 is 0 Å². The van der Waals surface area contributed by atoms with E-state index in [0.717, 1.165) is 11.5 Å². The quantitative estimate of drug-likeness (QED) is 0.634. The van der Waals surface area contributed by atoms with Gasteiger partial charge in [0.25, 0.3) is 0 Å². The maximum absolute atomic E-state index is 5.76. The highest BCUT2D eigenvalue weighted by Crippen LogP contribution is 2.17. The first-order chi connectivity index (χ1) is 7.81. The van der Waals surface area contributed by atoms with Crippen LogP contribution in [0, 0.1) is 0 Å². The topological polar surface area (TPSA) is 69.6 Å². The van der Waals surface area contributed by atoms with E-state index >= 15 is 0 Å². The Hall–Kier alpha value is -1.21. The molecule has 2 rings (SSSR count). The van der Waals surface area contributed by atoms with E-state index in [1.807, 2.05) is 18.2 Å². The van der Waals surface area contributed by atoms with Crippen LogP contribution in [0.3, 0.4) is 0 Å². The molecule has 0 fully saturated rings. The lowest BCUT2D eigenvalue weighted by molar-refractivity contribution is 0.816. The summed E-state index contributed by atoms with van der Waals surface area (Å²) in [4.78, 5) is 8.30. The number of anilines is 1. The highest BCUT2D eigenvalue weighted by atomic mass is 32.2. The molecule has 2 aromatic heterocycles. The third kappa shape index (κ3) is 2.48. The number of pyridine rings is 1. The average Bonchev–Trinajstić information content (AvgIpc) is 2.69. The van der Waals surface area contributed by atoms with E-state index in [9.17, 15) is 0 Å². The summed E-state index contributed by atoms with van der Waals surface area (Å²) in [5, 5.41) is 4.91. The minimum Gasteiger partial charge on any atom is -0.368 e. The molecule has 0 aliphatic heterocycles. The van der Waals surface area contributed by atoms with Crippen molar-refractivity contribution in [3.63, 3.8) is 0 Å². The number of aromatic nitrogens is 4. The molecule has 84 valence electrons. The van der Waals surface area contributed by atoms with Gasteiger partial charge in [0.1, 0.15) is 0 Å². The monoisotopic (exact) mass is 253 g/mol. The number of thioether (sulfide) groups is 1. The van der Waals surface area contributed by atoms with Gasteiger partial charge in [-0.3, -0.25) is 0 Å². The molecule has 16 heavy (non-hydrogen) atoms. The third-order valence-corrected chi connectivity index (χ3v) is 3.17. The van der Waals surface area contributed by atoms with Crippen LogP contribution in [0.15, 0.2) is 29.6 Å². The van der Waals surface area contributed by atoms with Gasteiger partial charge < -0.3 is 5.73 Å². The van der Waals surface area contributed by atoms with Gasteiger partial charge in [0.2, 0.25) is 11.1 Å². The van der Waals surface area contributed by atoms with Gasteiger partial charge in [0.05, 0.1) is 0 Å². The molecule has 0 aliphatic rings. The van der Waals surface area contributed by atoms with E-state index in [-0.39, 0.29) is 0 Å². The Balaban J connectivity index is 2.25. The Morgan fingerprint density at radius 3 is 3.00 bits per heavy atom. The summed E-state index contributed by atoms with van der Waals surface area (Å²) >= 11 is 5.65. The number of hydrogen-bond acceptors (Lipinski definition) is 6. The predicted molar refractivity (Wildman–Crippen MR) is 68.1 cm³/mol. The SMILES string of the molecule is Nc1nc(SCCS)nn1-c1ccccn1. The van der Waals surface area contributed by atoms with Crippen LogP contribution < -0.4 is 5.73 Å². The summed E-state index contributed by atoms with van der Waals surface area (Å²) in [5.74, 6) is 2.66. The van der Waals surface area contributed by atoms with Gasteiger partial charge in [-0.25, -0.2) is 4.98 Å². The molecular formula is C9H11N5S2. The summed E-state index contributed by atoms with van der Waals surface area (Å²) in [6.07, 6.45) is 1.69. The van der Waals surface area contributed by atoms with Crippen molar-refractivity contribution in [1.82, 2.24) is 19.7 Å².